The maximum absolute atomic E-state index is 12.4. The Hall–Kier alpha value is -2.63. The number of carboxylic acids is 1. The van der Waals surface area contributed by atoms with Gasteiger partial charge in [-0.25, -0.2) is 9.36 Å². The highest BCUT2D eigenvalue weighted by Crippen LogP contribution is 2.15. The molecule has 0 aliphatic rings. The average molecular weight is 288 g/mol. The van der Waals surface area contributed by atoms with Gasteiger partial charge in [-0.3, -0.25) is 14.2 Å². The molecule has 110 valence electrons. The van der Waals surface area contributed by atoms with E-state index in [1.807, 2.05) is 26.0 Å². The molecule has 0 unspecified atom stereocenters. The van der Waals surface area contributed by atoms with Crippen LogP contribution < -0.4 is 11.2 Å². The van der Waals surface area contributed by atoms with Crippen molar-refractivity contribution in [3.05, 3.63) is 61.9 Å². The molecule has 1 heterocycles. The number of nitrogens with zero attached hydrogens (tertiary/aromatic N) is 2. The fourth-order valence-corrected chi connectivity index (χ4v) is 2.32. The van der Waals surface area contributed by atoms with Crippen LogP contribution in [-0.2, 0) is 11.3 Å². The van der Waals surface area contributed by atoms with Crippen molar-refractivity contribution >= 4 is 5.97 Å². The Labute approximate surface area is 120 Å². The Kier molecular flexibility index (Phi) is 3.80. The average Bonchev–Trinajstić information content (AvgIpc) is 2.36. The Morgan fingerprint density at radius 1 is 1.14 bits per heavy atom. The van der Waals surface area contributed by atoms with Crippen LogP contribution in [0.3, 0.4) is 0 Å². The van der Waals surface area contributed by atoms with Gasteiger partial charge in [-0.1, -0.05) is 17.7 Å². The van der Waals surface area contributed by atoms with Gasteiger partial charge in [0.25, 0.3) is 5.56 Å². The number of carboxylic acid groups (broad SMARTS) is 1. The molecule has 1 N–H and O–H groups in total. The number of benzene rings is 1. The summed E-state index contributed by atoms with van der Waals surface area (Å²) in [6, 6.07) is 6.84. The van der Waals surface area contributed by atoms with Crippen LogP contribution in [0.5, 0.6) is 0 Å². The second-order valence-electron chi connectivity index (χ2n) is 5.01. The van der Waals surface area contributed by atoms with E-state index in [-0.39, 0.29) is 0 Å². The summed E-state index contributed by atoms with van der Waals surface area (Å²) in [5.74, 6) is -1.23. The van der Waals surface area contributed by atoms with Gasteiger partial charge in [0.05, 0.1) is 5.69 Å². The van der Waals surface area contributed by atoms with Gasteiger partial charge in [-0.05, 0) is 32.4 Å². The van der Waals surface area contributed by atoms with Crippen LogP contribution in [0.4, 0.5) is 0 Å². The maximum atomic E-state index is 12.4. The number of aromatic nitrogens is 2. The highest BCUT2D eigenvalue weighted by Gasteiger charge is 2.14. The zero-order valence-corrected chi connectivity index (χ0v) is 12.1. The molecule has 6 heteroatoms. The van der Waals surface area contributed by atoms with Crippen LogP contribution in [-0.4, -0.2) is 20.2 Å². The van der Waals surface area contributed by atoms with E-state index in [1.165, 1.54) is 10.6 Å². The summed E-state index contributed by atoms with van der Waals surface area (Å²) in [7, 11) is 0. The first-order valence-corrected chi connectivity index (χ1v) is 6.44. The Morgan fingerprint density at radius 2 is 1.81 bits per heavy atom. The number of carbonyl (C=O) groups is 1. The van der Waals surface area contributed by atoms with Gasteiger partial charge >= 0.3 is 11.7 Å². The molecule has 21 heavy (non-hydrogen) atoms. The molecule has 0 fully saturated rings. The number of hydrogen-bond donors (Lipinski definition) is 1. The summed E-state index contributed by atoms with van der Waals surface area (Å²) in [4.78, 5) is 35.1. The lowest BCUT2D eigenvalue weighted by Gasteiger charge is -2.14. The smallest absolute Gasteiger partial charge is 0.336 e. The molecule has 2 aromatic rings. The van der Waals surface area contributed by atoms with Crippen molar-refractivity contribution < 1.29 is 9.90 Å². The molecular formula is C15H16N2O4. The number of rotatable bonds is 3. The topological polar surface area (TPSA) is 81.3 Å². The van der Waals surface area contributed by atoms with Gasteiger partial charge in [-0.2, -0.15) is 0 Å². The molecule has 2 rings (SSSR count). The highest BCUT2D eigenvalue weighted by atomic mass is 16.4. The van der Waals surface area contributed by atoms with E-state index in [9.17, 15) is 14.4 Å². The minimum atomic E-state index is -1.23. The number of aryl methyl sites for hydroxylation is 3. The molecular weight excluding hydrogens is 272 g/mol. The predicted molar refractivity (Wildman–Crippen MR) is 78.1 cm³/mol. The first-order valence-electron chi connectivity index (χ1n) is 6.44. The largest absolute Gasteiger partial charge is 0.480 e. The van der Waals surface area contributed by atoms with Crippen molar-refractivity contribution in [2.75, 3.05) is 0 Å². The molecule has 0 saturated carbocycles. The Morgan fingerprint density at radius 3 is 2.38 bits per heavy atom. The lowest BCUT2D eigenvalue weighted by Crippen LogP contribution is -2.41. The molecule has 6 nitrogen and oxygen atoms in total. The van der Waals surface area contributed by atoms with E-state index in [0.29, 0.717) is 15.9 Å². The lowest BCUT2D eigenvalue weighted by molar-refractivity contribution is -0.137. The molecule has 0 spiro atoms. The highest BCUT2D eigenvalue weighted by molar-refractivity contribution is 5.66. The van der Waals surface area contributed by atoms with Crippen molar-refractivity contribution in [3.63, 3.8) is 0 Å². The van der Waals surface area contributed by atoms with Gasteiger partial charge in [0.1, 0.15) is 6.54 Å². The summed E-state index contributed by atoms with van der Waals surface area (Å²) in [5.41, 5.74) is 1.79. The molecule has 0 aliphatic heterocycles. The summed E-state index contributed by atoms with van der Waals surface area (Å²) in [6.45, 7) is 4.80. The summed E-state index contributed by atoms with van der Waals surface area (Å²) in [5, 5.41) is 8.83. The molecule has 0 amide bonds. The molecule has 0 atom stereocenters. The van der Waals surface area contributed by atoms with Gasteiger partial charge in [0, 0.05) is 11.8 Å². The van der Waals surface area contributed by atoms with Gasteiger partial charge in [0.15, 0.2) is 0 Å². The van der Waals surface area contributed by atoms with Crippen molar-refractivity contribution in [2.45, 2.75) is 27.3 Å². The van der Waals surface area contributed by atoms with Gasteiger partial charge in [-0.15, -0.1) is 0 Å². The van der Waals surface area contributed by atoms with Crippen LogP contribution in [0.1, 0.15) is 16.8 Å². The first kappa shape index (κ1) is 14.8. The van der Waals surface area contributed by atoms with Crippen molar-refractivity contribution in [1.29, 1.82) is 0 Å². The van der Waals surface area contributed by atoms with Gasteiger partial charge < -0.3 is 5.11 Å². The van der Waals surface area contributed by atoms with E-state index in [0.717, 1.165) is 11.1 Å². The molecule has 0 aliphatic carbocycles. The minimum absolute atomic E-state index is 0.471. The predicted octanol–water partition coefficient (Wildman–Crippen LogP) is 1.01. The Bertz CT molecular complexity index is 831. The lowest BCUT2D eigenvalue weighted by atomic mass is 10.1. The molecule has 1 aromatic heterocycles. The second-order valence-corrected chi connectivity index (χ2v) is 5.01. The third-order valence-corrected chi connectivity index (χ3v) is 3.26. The second kappa shape index (κ2) is 5.40. The van der Waals surface area contributed by atoms with E-state index >= 15 is 0 Å². The van der Waals surface area contributed by atoms with Crippen molar-refractivity contribution in [3.8, 4) is 5.69 Å². The quantitative estimate of drug-likeness (QED) is 0.914. The third kappa shape index (κ3) is 2.79. The van der Waals surface area contributed by atoms with E-state index in [1.54, 1.807) is 13.0 Å². The van der Waals surface area contributed by atoms with Crippen LogP contribution in [0.25, 0.3) is 5.69 Å². The summed E-state index contributed by atoms with van der Waals surface area (Å²) in [6.07, 6.45) is 0. The minimum Gasteiger partial charge on any atom is -0.480 e. The maximum Gasteiger partial charge on any atom is 0.336 e. The number of aliphatic carboxylic acids is 1. The van der Waals surface area contributed by atoms with Crippen LogP contribution in [0.2, 0.25) is 0 Å². The zero-order chi connectivity index (χ0) is 15.7. The Balaban J connectivity index is 2.78. The normalized spacial score (nSPS) is 10.6. The van der Waals surface area contributed by atoms with Crippen molar-refractivity contribution in [2.24, 2.45) is 0 Å². The van der Waals surface area contributed by atoms with E-state index < -0.39 is 23.8 Å². The third-order valence-electron chi connectivity index (χ3n) is 3.26. The number of hydrogen-bond acceptors (Lipinski definition) is 3. The van der Waals surface area contributed by atoms with E-state index in [4.69, 9.17) is 5.11 Å². The fourth-order valence-electron chi connectivity index (χ4n) is 2.32. The first-order chi connectivity index (χ1) is 9.81. The SMILES string of the molecule is Cc1ccc(-n2c(C)cc(=O)n(CC(=O)O)c2=O)c(C)c1. The van der Waals surface area contributed by atoms with Crippen LogP contribution in [0.15, 0.2) is 33.9 Å². The molecule has 0 radical (unpaired) electrons. The van der Waals surface area contributed by atoms with Gasteiger partial charge in [0.2, 0.25) is 0 Å². The molecule has 0 bridgehead atoms. The molecule has 1 aromatic carbocycles. The fraction of sp³-hybridized carbons (Fsp3) is 0.267. The zero-order valence-electron chi connectivity index (χ0n) is 12.1. The van der Waals surface area contributed by atoms with Crippen LogP contribution in [0, 0.1) is 20.8 Å². The summed E-state index contributed by atoms with van der Waals surface area (Å²) >= 11 is 0. The molecule has 0 saturated heterocycles. The van der Waals surface area contributed by atoms with Crippen LogP contribution >= 0.6 is 0 Å². The van der Waals surface area contributed by atoms with E-state index in [2.05, 4.69) is 0 Å². The monoisotopic (exact) mass is 288 g/mol. The summed E-state index contributed by atoms with van der Waals surface area (Å²) < 4.78 is 2.08. The van der Waals surface area contributed by atoms with Crippen molar-refractivity contribution in [1.82, 2.24) is 9.13 Å². The standard InChI is InChI=1S/C15H16N2O4/c1-9-4-5-12(10(2)6-9)17-11(3)7-13(18)16(15(17)21)8-14(19)20/h4-7H,8H2,1-3H3,(H,19,20).